The van der Waals surface area contributed by atoms with Crippen LogP contribution < -0.4 is 15.4 Å². The molecule has 2 aromatic rings. The van der Waals surface area contributed by atoms with Gasteiger partial charge in [0.05, 0.1) is 25.7 Å². The van der Waals surface area contributed by atoms with Crippen molar-refractivity contribution in [3.05, 3.63) is 81.8 Å². The van der Waals surface area contributed by atoms with Gasteiger partial charge in [-0.2, -0.15) is 0 Å². The van der Waals surface area contributed by atoms with E-state index in [0.717, 1.165) is 16.9 Å². The summed E-state index contributed by atoms with van der Waals surface area (Å²) in [5.74, 6) is -0.275. The van der Waals surface area contributed by atoms with E-state index in [1.54, 1.807) is 19.2 Å². The minimum atomic E-state index is -0.636. The van der Waals surface area contributed by atoms with Crippen LogP contribution in [0.2, 0.25) is 5.02 Å². The highest BCUT2D eigenvalue weighted by atomic mass is 35.5. The van der Waals surface area contributed by atoms with Gasteiger partial charge in [0, 0.05) is 28.4 Å². The Balaban J connectivity index is 2.00. The number of Topliss-reactive ketones (excluding diaryl/α,β-unsaturated/α-hetero) is 1. The van der Waals surface area contributed by atoms with E-state index in [2.05, 4.69) is 13.8 Å². The highest BCUT2D eigenvalue weighted by Gasteiger charge is 2.46. The molecule has 33 heavy (non-hydrogen) atoms. The van der Waals surface area contributed by atoms with Crippen LogP contribution in [-0.4, -0.2) is 26.0 Å². The van der Waals surface area contributed by atoms with Gasteiger partial charge in [-0.3, -0.25) is 9.69 Å². The van der Waals surface area contributed by atoms with Crippen molar-refractivity contribution < 1.29 is 19.1 Å². The fourth-order valence-corrected chi connectivity index (χ4v) is 4.86. The van der Waals surface area contributed by atoms with Gasteiger partial charge in [0.1, 0.15) is 11.6 Å². The number of methoxy groups -OCH3 is 2. The number of carbonyl (C=O) groups is 2. The molecule has 0 saturated carbocycles. The van der Waals surface area contributed by atoms with Crippen molar-refractivity contribution in [2.75, 3.05) is 19.1 Å². The van der Waals surface area contributed by atoms with Gasteiger partial charge >= 0.3 is 5.97 Å². The molecule has 1 aliphatic heterocycles. The van der Waals surface area contributed by atoms with E-state index >= 15 is 0 Å². The molecule has 172 valence electrons. The van der Waals surface area contributed by atoms with Crippen LogP contribution in [0.1, 0.15) is 38.2 Å². The first-order valence-electron chi connectivity index (χ1n) is 10.7. The number of ether oxygens (including phenoxy) is 2. The summed E-state index contributed by atoms with van der Waals surface area (Å²) >= 11 is 6.11. The Morgan fingerprint density at radius 3 is 2.27 bits per heavy atom. The maximum atomic E-state index is 13.6. The third kappa shape index (κ3) is 4.11. The van der Waals surface area contributed by atoms with Gasteiger partial charge in [0.15, 0.2) is 5.78 Å². The number of ketones is 1. The Kier molecular flexibility index (Phi) is 5.97. The maximum absolute atomic E-state index is 13.6. The number of nitrogens with zero attached hydrogens (tertiary/aromatic N) is 1. The fraction of sp³-hybridized carbons (Fsp3) is 0.308. The molecule has 0 radical (unpaired) electrons. The van der Waals surface area contributed by atoms with Crippen molar-refractivity contribution in [1.29, 1.82) is 0 Å². The van der Waals surface area contributed by atoms with Crippen LogP contribution in [-0.2, 0) is 14.3 Å². The molecular formula is C26H27ClN2O4. The number of hydrogen-bond acceptors (Lipinski definition) is 6. The third-order valence-electron chi connectivity index (χ3n) is 6.20. The quantitative estimate of drug-likeness (QED) is 0.643. The number of nitrogens with two attached hydrogens (primary N) is 1. The molecule has 0 bridgehead atoms. The van der Waals surface area contributed by atoms with Gasteiger partial charge in [0.2, 0.25) is 0 Å². The lowest BCUT2D eigenvalue weighted by atomic mass is 9.68. The summed E-state index contributed by atoms with van der Waals surface area (Å²) in [6.07, 6.45) is 1.00. The third-order valence-corrected chi connectivity index (χ3v) is 6.45. The van der Waals surface area contributed by atoms with Crippen molar-refractivity contribution in [3.63, 3.8) is 0 Å². The lowest BCUT2D eigenvalue weighted by Crippen LogP contribution is -2.43. The summed E-state index contributed by atoms with van der Waals surface area (Å²) in [6.45, 7) is 4.13. The number of carbonyl (C=O) groups excluding carboxylic acids is 2. The zero-order valence-electron chi connectivity index (χ0n) is 19.1. The fourth-order valence-electron chi connectivity index (χ4n) is 4.73. The average Bonchev–Trinajstić information content (AvgIpc) is 2.78. The summed E-state index contributed by atoms with van der Waals surface area (Å²) in [4.78, 5) is 28.4. The molecule has 2 aromatic carbocycles. The van der Waals surface area contributed by atoms with E-state index in [0.29, 0.717) is 29.2 Å². The van der Waals surface area contributed by atoms with E-state index in [1.165, 1.54) is 7.11 Å². The molecule has 1 atom stereocenters. The number of allylic oxidation sites excluding steroid dienone is 2. The number of anilines is 1. The average molecular weight is 467 g/mol. The lowest BCUT2D eigenvalue weighted by molar-refractivity contribution is -0.136. The topological polar surface area (TPSA) is 81.9 Å². The van der Waals surface area contributed by atoms with Crippen molar-refractivity contribution in [3.8, 4) is 5.75 Å². The molecule has 0 spiro atoms. The Morgan fingerprint density at radius 2 is 1.70 bits per heavy atom. The van der Waals surface area contributed by atoms with Crippen LogP contribution in [0.25, 0.3) is 0 Å². The first kappa shape index (κ1) is 22.9. The highest BCUT2D eigenvalue weighted by Crippen LogP contribution is 2.50. The van der Waals surface area contributed by atoms with Crippen molar-refractivity contribution in [2.24, 2.45) is 11.1 Å². The van der Waals surface area contributed by atoms with Gasteiger partial charge in [-0.05, 0) is 53.8 Å². The molecule has 1 aliphatic carbocycles. The van der Waals surface area contributed by atoms with Crippen LogP contribution in [0, 0.1) is 5.41 Å². The summed E-state index contributed by atoms with van der Waals surface area (Å²) in [5, 5.41) is 0.566. The summed E-state index contributed by atoms with van der Waals surface area (Å²) in [7, 11) is 2.91. The molecular weight excluding hydrogens is 440 g/mol. The summed E-state index contributed by atoms with van der Waals surface area (Å²) in [5.41, 5.74) is 9.55. The van der Waals surface area contributed by atoms with Crippen LogP contribution >= 0.6 is 11.6 Å². The predicted molar refractivity (Wildman–Crippen MR) is 128 cm³/mol. The van der Waals surface area contributed by atoms with Crippen LogP contribution in [0.3, 0.4) is 0 Å². The normalized spacial score (nSPS) is 20.0. The van der Waals surface area contributed by atoms with Gasteiger partial charge in [-0.15, -0.1) is 0 Å². The first-order chi connectivity index (χ1) is 15.7. The number of hydrogen-bond donors (Lipinski definition) is 1. The molecule has 4 rings (SSSR count). The van der Waals surface area contributed by atoms with E-state index in [-0.39, 0.29) is 22.6 Å². The zero-order valence-corrected chi connectivity index (χ0v) is 19.9. The van der Waals surface area contributed by atoms with E-state index in [4.69, 9.17) is 26.8 Å². The summed E-state index contributed by atoms with van der Waals surface area (Å²) in [6, 6.07) is 14.5. The Hall–Kier alpha value is -3.25. The van der Waals surface area contributed by atoms with Gasteiger partial charge in [-0.1, -0.05) is 37.6 Å². The number of rotatable bonds is 4. The number of benzene rings is 2. The largest absolute Gasteiger partial charge is 0.497 e. The molecule has 2 N–H and O–H groups in total. The standard InChI is InChI=1S/C26H27ClN2O4/c1-26(2)13-19-22(20(30)14-26)21(15-5-7-16(27)8-6-15)23(25(31)33-4)24(28)29(19)17-9-11-18(32-3)12-10-17/h5-12,21H,13-14,28H2,1-4H3/t21-/m0/s1. The molecule has 1 heterocycles. The van der Waals surface area contributed by atoms with Crippen molar-refractivity contribution in [2.45, 2.75) is 32.6 Å². The number of esters is 1. The van der Waals surface area contributed by atoms with Crippen LogP contribution in [0.5, 0.6) is 5.75 Å². The Labute approximate surface area is 198 Å². The molecule has 7 heteroatoms. The second-order valence-electron chi connectivity index (χ2n) is 9.11. The van der Waals surface area contributed by atoms with Gasteiger partial charge in [-0.25, -0.2) is 4.79 Å². The van der Waals surface area contributed by atoms with Crippen LogP contribution in [0.4, 0.5) is 5.69 Å². The first-order valence-corrected chi connectivity index (χ1v) is 11.1. The monoisotopic (exact) mass is 466 g/mol. The second kappa shape index (κ2) is 8.60. The maximum Gasteiger partial charge on any atom is 0.338 e. The van der Waals surface area contributed by atoms with E-state index < -0.39 is 11.9 Å². The SMILES string of the molecule is COC(=O)C1=C(N)N(c2ccc(OC)cc2)C2=C(C(=O)CC(C)(C)C2)[C@@H]1c1ccc(Cl)cc1. The Morgan fingerprint density at radius 1 is 1.06 bits per heavy atom. The minimum Gasteiger partial charge on any atom is -0.497 e. The smallest absolute Gasteiger partial charge is 0.338 e. The Bertz CT molecular complexity index is 1160. The number of halogens is 1. The zero-order chi connectivity index (χ0) is 23.9. The van der Waals surface area contributed by atoms with Gasteiger partial charge < -0.3 is 15.2 Å². The molecule has 0 amide bonds. The van der Waals surface area contributed by atoms with Gasteiger partial charge in [0.25, 0.3) is 0 Å². The van der Waals surface area contributed by atoms with Crippen molar-refractivity contribution >= 4 is 29.0 Å². The summed E-state index contributed by atoms with van der Waals surface area (Å²) < 4.78 is 10.4. The van der Waals surface area contributed by atoms with Crippen molar-refractivity contribution in [1.82, 2.24) is 0 Å². The minimum absolute atomic E-state index is 0.00591. The lowest BCUT2D eigenvalue weighted by Gasteiger charge is -2.44. The molecule has 0 unspecified atom stereocenters. The molecule has 6 nitrogen and oxygen atoms in total. The van der Waals surface area contributed by atoms with E-state index in [1.807, 2.05) is 41.3 Å². The van der Waals surface area contributed by atoms with Crippen LogP contribution in [0.15, 0.2) is 71.2 Å². The highest BCUT2D eigenvalue weighted by molar-refractivity contribution is 6.30. The predicted octanol–water partition coefficient (Wildman–Crippen LogP) is 4.94. The molecule has 0 fully saturated rings. The van der Waals surface area contributed by atoms with E-state index in [9.17, 15) is 9.59 Å². The molecule has 2 aliphatic rings. The second-order valence-corrected chi connectivity index (χ2v) is 9.55. The molecule has 0 aromatic heterocycles. The molecule has 0 saturated heterocycles.